The number of benzene rings is 2. The van der Waals surface area contributed by atoms with Gasteiger partial charge in [0.1, 0.15) is 0 Å². The van der Waals surface area contributed by atoms with E-state index in [9.17, 15) is 24.0 Å². The summed E-state index contributed by atoms with van der Waals surface area (Å²) < 4.78 is 4.92. The molecule has 0 fully saturated rings. The van der Waals surface area contributed by atoms with Crippen molar-refractivity contribution in [2.75, 3.05) is 10.2 Å². The fourth-order valence-electron chi connectivity index (χ4n) is 2.79. The van der Waals surface area contributed by atoms with Crippen LogP contribution in [0.25, 0.3) is 0 Å². The molecule has 29 heavy (non-hydrogen) atoms. The van der Waals surface area contributed by atoms with Crippen molar-refractivity contribution in [1.82, 2.24) is 0 Å². The number of nitrogens with one attached hydrogen (secondary N) is 1. The smallest absolute Gasteiger partial charge is 0.338 e. The molecule has 0 aliphatic carbocycles. The Kier molecular flexibility index (Phi) is 5.14. The second-order valence-corrected chi connectivity index (χ2v) is 6.38. The Bertz CT molecular complexity index is 1040. The van der Waals surface area contributed by atoms with E-state index in [1.165, 1.54) is 44.2 Å². The molecule has 2 aromatic carbocycles. The molecule has 9 nitrogen and oxygen atoms in total. The van der Waals surface area contributed by atoms with Gasteiger partial charge in [-0.05, 0) is 49.4 Å². The number of carbonyl (C=O) groups is 5. The number of primary amides is 1. The predicted molar refractivity (Wildman–Crippen MR) is 102 cm³/mol. The number of hydrogen-bond acceptors (Lipinski definition) is 6. The molecule has 0 aromatic heterocycles. The molecule has 2 aromatic rings. The number of hydrogen-bond donors (Lipinski definition) is 2. The lowest BCUT2D eigenvalue weighted by molar-refractivity contribution is -0.125. The first-order valence-electron chi connectivity index (χ1n) is 8.60. The van der Waals surface area contributed by atoms with Gasteiger partial charge in [-0.3, -0.25) is 19.2 Å². The number of nitrogens with two attached hydrogens (primary N) is 1. The lowest BCUT2D eigenvalue weighted by Crippen LogP contribution is -2.30. The van der Waals surface area contributed by atoms with Crippen LogP contribution in [0.15, 0.2) is 42.5 Å². The fraction of sp³-hybridized carbons (Fsp3) is 0.150. The van der Waals surface area contributed by atoms with Gasteiger partial charge < -0.3 is 15.8 Å². The lowest BCUT2D eigenvalue weighted by Gasteiger charge is -2.14. The van der Waals surface area contributed by atoms with Gasteiger partial charge in [-0.15, -0.1) is 0 Å². The molecule has 3 rings (SSSR count). The normalized spacial score (nSPS) is 13.7. The summed E-state index contributed by atoms with van der Waals surface area (Å²) in [6, 6.07) is 10.1. The van der Waals surface area contributed by atoms with Crippen molar-refractivity contribution in [1.29, 1.82) is 0 Å². The predicted octanol–water partition coefficient (Wildman–Crippen LogP) is 1.48. The Hall–Kier alpha value is -4.01. The number of carbonyl (C=O) groups excluding carboxylic acids is 5. The van der Waals surface area contributed by atoms with Crippen LogP contribution >= 0.6 is 0 Å². The molecule has 1 aliphatic rings. The number of nitrogens with zero attached hydrogens (tertiary/aromatic N) is 1. The highest BCUT2D eigenvalue weighted by atomic mass is 16.5. The molecular formula is C20H17N3O6. The number of ether oxygens (including phenoxy) is 1. The van der Waals surface area contributed by atoms with Crippen molar-refractivity contribution >= 4 is 41.0 Å². The summed E-state index contributed by atoms with van der Waals surface area (Å²) in [6.45, 7) is 2.69. The maximum atomic E-state index is 12.8. The molecule has 0 unspecified atom stereocenters. The molecular weight excluding hydrogens is 378 g/mol. The monoisotopic (exact) mass is 395 g/mol. The Morgan fingerprint density at radius 1 is 1.00 bits per heavy atom. The first kappa shape index (κ1) is 19.7. The number of esters is 1. The van der Waals surface area contributed by atoms with Crippen molar-refractivity contribution < 1.29 is 28.7 Å². The maximum Gasteiger partial charge on any atom is 0.338 e. The van der Waals surface area contributed by atoms with Crippen molar-refractivity contribution in [2.45, 2.75) is 20.0 Å². The number of imide groups is 1. The topological polar surface area (TPSA) is 136 Å². The zero-order valence-corrected chi connectivity index (χ0v) is 15.6. The van der Waals surface area contributed by atoms with Crippen LogP contribution in [0.5, 0.6) is 0 Å². The highest BCUT2D eigenvalue weighted by Crippen LogP contribution is 2.30. The van der Waals surface area contributed by atoms with Crippen molar-refractivity contribution in [3.63, 3.8) is 0 Å². The summed E-state index contributed by atoms with van der Waals surface area (Å²) >= 11 is 0. The van der Waals surface area contributed by atoms with E-state index in [0.717, 1.165) is 4.90 Å². The van der Waals surface area contributed by atoms with Crippen LogP contribution in [0.4, 0.5) is 11.4 Å². The van der Waals surface area contributed by atoms with Gasteiger partial charge in [0, 0.05) is 12.6 Å². The molecule has 0 bridgehead atoms. The van der Waals surface area contributed by atoms with Crippen LogP contribution in [0.3, 0.4) is 0 Å². The van der Waals surface area contributed by atoms with Crippen LogP contribution in [0, 0.1) is 0 Å². The molecule has 9 heteroatoms. The van der Waals surface area contributed by atoms with Gasteiger partial charge in [-0.2, -0.15) is 0 Å². The largest absolute Gasteiger partial charge is 0.449 e. The van der Waals surface area contributed by atoms with Gasteiger partial charge in [0.2, 0.25) is 5.91 Å². The SMILES string of the molecule is CC(=O)Nc1ccc(N2C(=O)c3ccc(C(=O)O[C@@H](C)C(N)=O)cc3C2=O)cc1. The average Bonchev–Trinajstić information content (AvgIpc) is 2.92. The molecule has 0 radical (unpaired) electrons. The van der Waals surface area contributed by atoms with E-state index >= 15 is 0 Å². The Morgan fingerprint density at radius 3 is 2.21 bits per heavy atom. The van der Waals surface area contributed by atoms with Gasteiger partial charge in [-0.25, -0.2) is 9.69 Å². The second-order valence-electron chi connectivity index (χ2n) is 6.38. The van der Waals surface area contributed by atoms with E-state index < -0.39 is 29.8 Å². The van der Waals surface area contributed by atoms with E-state index in [1.807, 2.05) is 0 Å². The van der Waals surface area contributed by atoms with Crippen LogP contribution in [0.2, 0.25) is 0 Å². The minimum Gasteiger partial charge on any atom is -0.449 e. The molecule has 148 valence electrons. The summed E-state index contributed by atoms with van der Waals surface area (Å²) in [5.41, 5.74) is 6.10. The Labute approximate surface area is 165 Å². The van der Waals surface area contributed by atoms with Crippen LogP contribution in [0.1, 0.15) is 44.9 Å². The Balaban J connectivity index is 1.86. The number of rotatable bonds is 5. The standard InChI is InChI=1S/C20H17N3O6/c1-10(17(21)25)29-20(28)12-3-8-15-16(9-12)19(27)23(18(15)26)14-6-4-13(5-7-14)22-11(2)24/h3-10H,1-2H3,(H2,21,25)(H,22,24)/t10-/m0/s1. The van der Waals surface area contributed by atoms with E-state index in [4.69, 9.17) is 10.5 Å². The molecule has 4 amide bonds. The van der Waals surface area contributed by atoms with Gasteiger partial charge >= 0.3 is 5.97 Å². The maximum absolute atomic E-state index is 12.8. The number of fused-ring (bicyclic) bond motifs is 1. The van der Waals surface area contributed by atoms with Gasteiger partial charge in [0.25, 0.3) is 17.7 Å². The number of amides is 4. The summed E-state index contributed by atoms with van der Waals surface area (Å²) in [5.74, 6) is -3.03. The highest BCUT2D eigenvalue weighted by Gasteiger charge is 2.37. The third-order valence-electron chi connectivity index (χ3n) is 4.25. The second kappa shape index (κ2) is 7.55. The van der Waals surface area contributed by atoms with Gasteiger partial charge in [0.05, 0.1) is 22.4 Å². The quantitative estimate of drug-likeness (QED) is 0.581. The van der Waals surface area contributed by atoms with E-state index in [1.54, 1.807) is 12.1 Å². The molecule has 0 saturated carbocycles. The van der Waals surface area contributed by atoms with Crippen LogP contribution < -0.4 is 16.0 Å². The average molecular weight is 395 g/mol. The summed E-state index contributed by atoms with van der Waals surface area (Å²) in [7, 11) is 0. The summed E-state index contributed by atoms with van der Waals surface area (Å²) in [6.07, 6.45) is -1.13. The Morgan fingerprint density at radius 2 is 1.62 bits per heavy atom. The molecule has 0 saturated heterocycles. The number of anilines is 2. The fourth-order valence-corrected chi connectivity index (χ4v) is 2.79. The zero-order valence-electron chi connectivity index (χ0n) is 15.6. The van der Waals surface area contributed by atoms with Gasteiger partial charge in [-0.1, -0.05) is 0 Å². The highest BCUT2D eigenvalue weighted by molar-refractivity contribution is 6.34. The first-order valence-corrected chi connectivity index (χ1v) is 8.60. The van der Waals surface area contributed by atoms with E-state index in [2.05, 4.69) is 5.32 Å². The van der Waals surface area contributed by atoms with Crippen molar-refractivity contribution in [2.24, 2.45) is 5.73 Å². The summed E-state index contributed by atoms with van der Waals surface area (Å²) in [4.78, 5) is 60.7. The molecule has 0 spiro atoms. The molecule has 1 aliphatic heterocycles. The van der Waals surface area contributed by atoms with Crippen LogP contribution in [-0.4, -0.2) is 35.7 Å². The van der Waals surface area contributed by atoms with E-state index in [0.29, 0.717) is 11.4 Å². The van der Waals surface area contributed by atoms with E-state index in [-0.39, 0.29) is 22.6 Å². The first-order chi connectivity index (χ1) is 13.7. The van der Waals surface area contributed by atoms with Crippen molar-refractivity contribution in [3.8, 4) is 0 Å². The van der Waals surface area contributed by atoms with Crippen molar-refractivity contribution in [3.05, 3.63) is 59.2 Å². The third kappa shape index (κ3) is 3.84. The molecule has 1 atom stereocenters. The van der Waals surface area contributed by atoms with Crippen LogP contribution in [-0.2, 0) is 14.3 Å². The van der Waals surface area contributed by atoms with Gasteiger partial charge in [0.15, 0.2) is 6.10 Å². The zero-order chi connectivity index (χ0) is 21.3. The summed E-state index contributed by atoms with van der Waals surface area (Å²) in [5, 5.41) is 2.59. The molecule has 3 N–H and O–H groups in total. The third-order valence-corrected chi connectivity index (χ3v) is 4.25. The molecule has 1 heterocycles. The minimum absolute atomic E-state index is 0.0147. The lowest BCUT2D eigenvalue weighted by atomic mass is 10.1. The minimum atomic E-state index is -1.13.